The highest BCUT2D eigenvalue weighted by molar-refractivity contribution is 6.34. The minimum Gasteiger partial charge on any atom is -0.457 e. The summed E-state index contributed by atoms with van der Waals surface area (Å²) in [5, 5.41) is 0. The van der Waals surface area contributed by atoms with Crippen molar-refractivity contribution in [3.63, 3.8) is 0 Å². The van der Waals surface area contributed by atoms with Crippen molar-refractivity contribution < 1.29 is 14.3 Å². The van der Waals surface area contributed by atoms with Crippen molar-refractivity contribution in [1.29, 1.82) is 0 Å². The molecule has 0 aromatic carbocycles. The summed E-state index contributed by atoms with van der Waals surface area (Å²) < 4.78 is 5.08. The first-order valence-corrected chi connectivity index (χ1v) is 7.98. The summed E-state index contributed by atoms with van der Waals surface area (Å²) >= 11 is 0. The monoisotopic (exact) mass is 268 g/mol. The molecule has 0 amide bonds. The van der Waals surface area contributed by atoms with Gasteiger partial charge in [0.15, 0.2) is 0 Å². The van der Waals surface area contributed by atoms with Crippen molar-refractivity contribution >= 4 is 11.8 Å². The van der Waals surface area contributed by atoms with Gasteiger partial charge in [-0.3, -0.25) is 4.79 Å². The van der Waals surface area contributed by atoms with Gasteiger partial charge >= 0.3 is 5.97 Å². The molecule has 1 heterocycles. The number of unbranched alkanes of at least 4 members (excludes halogenated alkanes) is 8. The molecule has 1 unspecified atom stereocenters. The molecular formula is C16H28O3. The van der Waals surface area contributed by atoms with Gasteiger partial charge in [-0.05, 0) is 19.3 Å². The summed E-state index contributed by atoms with van der Waals surface area (Å²) in [4.78, 5) is 22.1. The second kappa shape index (κ2) is 9.99. The van der Waals surface area contributed by atoms with Gasteiger partial charge in [0.05, 0.1) is 0 Å². The van der Waals surface area contributed by atoms with E-state index in [-0.39, 0.29) is 11.9 Å². The van der Waals surface area contributed by atoms with Crippen LogP contribution in [0.4, 0.5) is 0 Å². The Balaban J connectivity index is 1.88. The highest BCUT2D eigenvalue weighted by atomic mass is 16.5. The van der Waals surface area contributed by atoms with Crippen LogP contribution in [0.15, 0.2) is 0 Å². The molecule has 0 saturated carbocycles. The van der Waals surface area contributed by atoms with Gasteiger partial charge in [-0.2, -0.15) is 0 Å². The van der Waals surface area contributed by atoms with Gasteiger partial charge in [-0.25, -0.2) is 4.79 Å². The van der Waals surface area contributed by atoms with Crippen molar-refractivity contribution in [2.24, 2.45) is 0 Å². The van der Waals surface area contributed by atoms with Gasteiger partial charge in [0.1, 0.15) is 6.10 Å². The molecule has 0 N–H and O–H groups in total. The number of ether oxygens (including phenoxy) is 1. The Morgan fingerprint density at radius 1 is 0.947 bits per heavy atom. The molecular weight excluding hydrogens is 240 g/mol. The lowest BCUT2D eigenvalue weighted by atomic mass is 10.0. The molecule has 1 rings (SSSR count). The van der Waals surface area contributed by atoms with Gasteiger partial charge in [-0.15, -0.1) is 0 Å². The first-order valence-electron chi connectivity index (χ1n) is 7.98. The van der Waals surface area contributed by atoms with Crippen LogP contribution in [0.5, 0.6) is 0 Å². The fourth-order valence-electron chi connectivity index (χ4n) is 2.56. The minimum absolute atomic E-state index is 0.00486. The van der Waals surface area contributed by atoms with Crippen LogP contribution in [-0.4, -0.2) is 17.9 Å². The van der Waals surface area contributed by atoms with Gasteiger partial charge in [0.25, 0.3) is 0 Å². The van der Waals surface area contributed by atoms with Crippen LogP contribution in [0.2, 0.25) is 0 Å². The third-order valence-corrected chi connectivity index (χ3v) is 3.82. The molecule has 110 valence electrons. The second-order valence-electron chi connectivity index (χ2n) is 5.61. The van der Waals surface area contributed by atoms with Gasteiger partial charge < -0.3 is 4.74 Å². The molecule has 0 spiro atoms. The van der Waals surface area contributed by atoms with E-state index in [4.69, 9.17) is 4.74 Å². The zero-order valence-electron chi connectivity index (χ0n) is 12.3. The molecule has 3 nitrogen and oxygen atoms in total. The Labute approximate surface area is 117 Å². The van der Waals surface area contributed by atoms with Crippen LogP contribution in [0.3, 0.4) is 0 Å². The van der Waals surface area contributed by atoms with Crippen LogP contribution >= 0.6 is 0 Å². The standard InChI is InChI=1S/C16H28O3/c1-2-3-4-5-6-7-8-9-10-11-14-12-13-15(17)16(18)19-14/h14H,2-13H2,1H3. The van der Waals surface area contributed by atoms with Crippen LogP contribution in [0.25, 0.3) is 0 Å². The van der Waals surface area contributed by atoms with E-state index >= 15 is 0 Å². The predicted octanol–water partition coefficient (Wildman–Crippen LogP) is 4.18. The van der Waals surface area contributed by atoms with Crippen LogP contribution in [-0.2, 0) is 14.3 Å². The average Bonchev–Trinajstić information content (AvgIpc) is 2.41. The van der Waals surface area contributed by atoms with E-state index in [9.17, 15) is 9.59 Å². The lowest BCUT2D eigenvalue weighted by Crippen LogP contribution is -2.31. The molecule has 0 aromatic rings. The second-order valence-corrected chi connectivity index (χ2v) is 5.61. The highest BCUT2D eigenvalue weighted by Crippen LogP contribution is 2.18. The van der Waals surface area contributed by atoms with E-state index < -0.39 is 5.97 Å². The topological polar surface area (TPSA) is 43.4 Å². The van der Waals surface area contributed by atoms with Crippen molar-refractivity contribution in [2.45, 2.75) is 90.1 Å². The minimum atomic E-state index is -0.618. The van der Waals surface area contributed by atoms with Crippen molar-refractivity contribution in [3.05, 3.63) is 0 Å². The summed E-state index contributed by atoms with van der Waals surface area (Å²) in [5.74, 6) is -0.976. The SMILES string of the molecule is CCCCCCCCCCCC1CCC(=O)C(=O)O1. The Morgan fingerprint density at radius 2 is 1.53 bits per heavy atom. The maximum absolute atomic E-state index is 11.1. The average molecular weight is 268 g/mol. The maximum Gasteiger partial charge on any atom is 0.374 e. The van der Waals surface area contributed by atoms with E-state index in [1.165, 1.54) is 51.4 Å². The zero-order valence-corrected chi connectivity index (χ0v) is 12.3. The fourth-order valence-corrected chi connectivity index (χ4v) is 2.56. The number of hydrogen-bond donors (Lipinski definition) is 0. The van der Waals surface area contributed by atoms with Crippen LogP contribution < -0.4 is 0 Å². The summed E-state index contributed by atoms with van der Waals surface area (Å²) in [6.45, 7) is 2.24. The predicted molar refractivity (Wildman–Crippen MR) is 76.0 cm³/mol. The van der Waals surface area contributed by atoms with Crippen LogP contribution in [0, 0.1) is 0 Å². The Morgan fingerprint density at radius 3 is 2.11 bits per heavy atom. The Kier molecular flexibility index (Phi) is 8.52. The summed E-state index contributed by atoms with van der Waals surface area (Å²) in [5.41, 5.74) is 0. The highest BCUT2D eigenvalue weighted by Gasteiger charge is 2.27. The fraction of sp³-hybridized carbons (Fsp3) is 0.875. The number of carbonyl (C=O) groups excluding carboxylic acids is 2. The number of Topliss-reactive ketones (excluding diaryl/α,β-unsaturated/α-hetero) is 1. The van der Waals surface area contributed by atoms with E-state index in [0.717, 1.165) is 19.3 Å². The van der Waals surface area contributed by atoms with E-state index in [0.29, 0.717) is 6.42 Å². The first kappa shape index (κ1) is 16.2. The Bertz CT molecular complexity index is 273. The molecule has 1 aliphatic heterocycles. The number of hydrogen-bond acceptors (Lipinski definition) is 3. The lowest BCUT2D eigenvalue weighted by Gasteiger charge is -2.21. The lowest BCUT2D eigenvalue weighted by molar-refractivity contribution is -0.163. The first-order chi connectivity index (χ1) is 9.24. The molecule has 3 heteroatoms. The molecule has 0 bridgehead atoms. The smallest absolute Gasteiger partial charge is 0.374 e. The normalized spacial score (nSPS) is 19.5. The molecule has 1 fully saturated rings. The quantitative estimate of drug-likeness (QED) is 0.339. The molecule has 1 saturated heterocycles. The van der Waals surface area contributed by atoms with Gasteiger partial charge in [-0.1, -0.05) is 58.3 Å². The van der Waals surface area contributed by atoms with Crippen molar-refractivity contribution in [3.8, 4) is 0 Å². The third kappa shape index (κ3) is 7.34. The maximum atomic E-state index is 11.1. The molecule has 19 heavy (non-hydrogen) atoms. The van der Waals surface area contributed by atoms with Gasteiger partial charge in [0, 0.05) is 6.42 Å². The largest absolute Gasteiger partial charge is 0.457 e. The number of cyclic esters (lactones) is 1. The molecule has 0 aromatic heterocycles. The van der Waals surface area contributed by atoms with E-state index in [1.54, 1.807) is 0 Å². The summed E-state index contributed by atoms with van der Waals surface area (Å²) in [6.07, 6.45) is 13.7. The molecule has 0 radical (unpaired) electrons. The summed E-state index contributed by atoms with van der Waals surface area (Å²) in [7, 11) is 0. The number of carbonyl (C=O) groups is 2. The van der Waals surface area contributed by atoms with Gasteiger partial charge in [0.2, 0.25) is 5.78 Å². The third-order valence-electron chi connectivity index (χ3n) is 3.82. The molecule has 1 atom stereocenters. The van der Waals surface area contributed by atoms with E-state index in [1.807, 2.05) is 0 Å². The van der Waals surface area contributed by atoms with Crippen LogP contribution in [0.1, 0.15) is 84.0 Å². The molecule has 1 aliphatic rings. The van der Waals surface area contributed by atoms with Crippen molar-refractivity contribution in [1.82, 2.24) is 0 Å². The number of ketones is 1. The Hall–Kier alpha value is -0.860. The molecule has 0 aliphatic carbocycles. The zero-order chi connectivity index (χ0) is 13.9. The number of rotatable bonds is 10. The van der Waals surface area contributed by atoms with Crippen molar-refractivity contribution in [2.75, 3.05) is 0 Å². The van der Waals surface area contributed by atoms with E-state index in [2.05, 4.69) is 6.92 Å². The summed E-state index contributed by atoms with van der Waals surface area (Å²) in [6, 6.07) is 0. The number of esters is 1.